The van der Waals surface area contributed by atoms with Crippen molar-refractivity contribution in [3.05, 3.63) is 52.4 Å². The standard InChI is InChI=1S/C13H11ClFN3O/c1-7-5-6-18-13(10(7)12(16)17)19-9-4-2-3-8(14)11(9)15/h2-6H,1H3,(H3,16,17). The topological polar surface area (TPSA) is 72.0 Å². The van der Waals surface area contributed by atoms with Gasteiger partial charge in [-0.15, -0.1) is 0 Å². The van der Waals surface area contributed by atoms with Crippen LogP contribution in [0.4, 0.5) is 4.39 Å². The summed E-state index contributed by atoms with van der Waals surface area (Å²) in [4.78, 5) is 3.97. The number of nitrogen functional groups attached to an aromatic ring is 1. The van der Waals surface area contributed by atoms with Gasteiger partial charge in [0.2, 0.25) is 5.88 Å². The number of amidine groups is 1. The zero-order chi connectivity index (χ0) is 14.0. The van der Waals surface area contributed by atoms with Crippen molar-refractivity contribution in [1.29, 1.82) is 5.41 Å². The average Bonchev–Trinajstić information content (AvgIpc) is 2.34. The second kappa shape index (κ2) is 5.24. The van der Waals surface area contributed by atoms with E-state index in [0.717, 1.165) is 5.56 Å². The minimum atomic E-state index is -0.679. The first-order valence-electron chi connectivity index (χ1n) is 5.42. The Labute approximate surface area is 114 Å². The number of nitrogens with zero attached hydrogens (tertiary/aromatic N) is 1. The fraction of sp³-hybridized carbons (Fsp3) is 0.0769. The highest BCUT2D eigenvalue weighted by Crippen LogP contribution is 2.30. The van der Waals surface area contributed by atoms with Crippen LogP contribution in [0.2, 0.25) is 5.02 Å². The molecule has 0 unspecified atom stereocenters. The molecule has 0 spiro atoms. The van der Waals surface area contributed by atoms with Gasteiger partial charge in [-0.3, -0.25) is 5.41 Å². The van der Waals surface area contributed by atoms with Gasteiger partial charge in [0.05, 0.1) is 10.6 Å². The number of pyridine rings is 1. The maximum atomic E-state index is 13.8. The quantitative estimate of drug-likeness (QED) is 0.669. The molecule has 3 N–H and O–H groups in total. The smallest absolute Gasteiger partial charge is 0.230 e. The highest BCUT2D eigenvalue weighted by Gasteiger charge is 2.15. The summed E-state index contributed by atoms with van der Waals surface area (Å²) in [7, 11) is 0. The van der Waals surface area contributed by atoms with E-state index >= 15 is 0 Å². The highest BCUT2D eigenvalue weighted by molar-refractivity contribution is 6.30. The Morgan fingerprint density at radius 2 is 2.16 bits per heavy atom. The SMILES string of the molecule is Cc1ccnc(Oc2cccc(Cl)c2F)c1C(=N)N. The first-order chi connectivity index (χ1) is 9.00. The predicted octanol–water partition coefficient (Wildman–Crippen LogP) is 3.26. The molecular weight excluding hydrogens is 269 g/mol. The Kier molecular flexibility index (Phi) is 3.66. The molecule has 0 saturated carbocycles. The van der Waals surface area contributed by atoms with Crippen molar-refractivity contribution >= 4 is 17.4 Å². The van der Waals surface area contributed by atoms with Crippen LogP contribution in [0.15, 0.2) is 30.5 Å². The van der Waals surface area contributed by atoms with E-state index in [1.165, 1.54) is 18.3 Å². The van der Waals surface area contributed by atoms with Crippen molar-refractivity contribution < 1.29 is 9.13 Å². The van der Waals surface area contributed by atoms with E-state index in [0.29, 0.717) is 5.56 Å². The maximum Gasteiger partial charge on any atom is 0.230 e. The summed E-state index contributed by atoms with van der Waals surface area (Å²) >= 11 is 5.67. The van der Waals surface area contributed by atoms with E-state index < -0.39 is 5.82 Å². The molecule has 0 atom stereocenters. The van der Waals surface area contributed by atoms with Crippen molar-refractivity contribution in [2.75, 3.05) is 0 Å². The van der Waals surface area contributed by atoms with Crippen LogP contribution in [0, 0.1) is 18.2 Å². The van der Waals surface area contributed by atoms with Gasteiger partial charge in [0.25, 0.3) is 0 Å². The van der Waals surface area contributed by atoms with E-state index in [1.807, 2.05) is 0 Å². The third-order valence-electron chi connectivity index (χ3n) is 2.52. The molecule has 6 heteroatoms. The van der Waals surface area contributed by atoms with Crippen molar-refractivity contribution in [3.63, 3.8) is 0 Å². The van der Waals surface area contributed by atoms with Gasteiger partial charge < -0.3 is 10.5 Å². The molecule has 1 aromatic heterocycles. The molecule has 0 radical (unpaired) electrons. The lowest BCUT2D eigenvalue weighted by molar-refractivity contribution is 0.426. The normalized spacial score (nSPS) is 10.3. The van der Waals surface area contributed by atoms with Gasteiger partial charge in [0, 0.05) is 6.20 Å². The number of halogens is 2. The molecular formula is C13H11ClFN3O. The number of benzene rings is 1. The van der Waals surface area contributed by atoms with Gasteiger partial charge in [-0.2, -0.15) is 0 Å². The third kappa shape index (κ3) is 2.66. The largest absolute Gasteiger partial charge is 0.435 e. The van der Waals surface area contributed by atoms with Crippen LogP contribution in [0.25, 0.3) is 0 Å². The first-order valence-corrected chi connectivity index (χ1v) is 5.80. The van der Waals surface area contributed by atoms with E-state index in [4.69, 9.17) is 27.5 Å². The van der Waals surface area contributed by atoms with E-state index in [1.54, 1.807) is 19.1 Å². The Balaban J connectivity index is 2.47. The molecule has 0 amide bonds. The van der Waals surface area contributed by atoms with Gasteiger partial charge in [-0.25, -0.2) is 9.37 Å². The van der Waals surface area contributed by atoms with Gasteiger partial charge in [0.1, 0.15) is 5.84 Å². The van der Waals surface area contributed by atoms with Crippen LogP contribution in [0.3, 0.4) is 0 Å². The molecule has 98 valence electrons. The first kappa shape index (κ1) is 13.3. The van der Waals surface area contributed by atoms with E-state index in [2.05, 4.69) is 4.98 Å². The van der Waals surface area contributed by atoms with E-state index in [-0.39, 0.29) is 22.5 Å². The third-order valence-corrected chi connectivity index (χ3v) is 2.81. The van der Waals surface area contributed by atoms with Crippen LogP contribution >= 0.6 is 11.6 Å². The van der Waals surface area contributed by atoms with Gasteiger partial charge in [-0.1, -0.05) is 17.7 Å². The number of hydrogen-bond acceptors (Lipinski definition) is 3. The van der Waals surface area contributed by atoms with Crippen molar-refractivity contribution in [2.24, 2.45) is 5.73 Å². The Bertz CT molecular complexity index is 646. The number of rotatable bonds is 3. The number of nitrogens with one attached hydrogen (secondary N) is 1. The van der Waals surface area contributed by atoms with Gasteiger partial charge in [0.15, 0.2) is 11.6 Å². The average molecular weight is 280 g/mol. The Hall–Kier alpha value is -2.14. The number of aryl methyl sites for hydroxylation is 1. The van der Waals surface area contributed by atoms with Gasteiger partial charge in [-0.05, 0) is 30.7 Å². The van der Waals surface area contributed by atoms with Gasteiger partial charge >= 0.3 is 0 Å². The van der Waals surface area contributed by atoms with Crippen molar-refractivity contribution in [1.82, 2.24) is 4.98 Å². The van der Waals surface area contributed by atoms with Crippen LogP contribution < -0.4 is 10.5 Å². The van der Waals surface area contributed by atoms with Crippen molar-refractivity contribution in [3.8, 4) is 11.6 Å². The molecule has 4 nitrogen and oxygen atoms in total. The minimum absolute atomic E-state index is 0.0467. The summed E-state index contributed by atoms with van der Waals surface area (Å²) in [5.41, 5.74) is 6.54. The van der Waals surface area contributed by atoms with Crippen LogP contribution in [0.1, 0.15) is 11.1 Å². The second-order valence-corrected chi connectivity index (χ2v) is 4.28. The molecule has 19 heavy (non-hydrogen) atoms. The monoisotopic (exact) mass is 279 g/mol. The molecule has 0 fully saturated rings. The number of ether oxygens (including phenoxy) is 1. The number of nitrogens with two attached hydrogens (primary N) is 1. The molecule has 0 aliphatic rings. The zero-order valence-corrected chi connectivity index (χ0v) is 10.8. The number of hydrogen-bond donors (Lipinski definition) is 2. The van der Waals surface area contributed by atoms with Crippen LogP contribution in [-0.2, 0) is 0 Å². The highest BCUT2D eigenvalue weighted by atomic mass is 35.5. The molecule has 2 aromatic rings. The molecule has 1 heterocycles. The molecule has 0 aliphatic carbocycles. The number of aromatic nitrogens is 1. The summed E-state index contributed by atoms with van der Waals surface area (Å²) in [6.45, 7) is 1.76. The summed E-state index contributed by atoms with van der Waals surface area (Å²) < 4.78 is 19.1. The Morgan fingerprint density at radius 3 is 2.84 bits per heavy atom. The lowest BCUT2D eigenvalue weighted by Crippen LogP contribution is -2.15. The predicted molar refractivity (Wildman–Crippen MR) is 71.5 cm³/mol. The lowest BCUT2D eigenvalue weighted by atomic mass is 10.1. The van der Waals surface area contributed by atoms with E-state index in [9.17, 15) is 4.39 Å². The van der Waals surface area contributed by atoms with Crippen LogP contribution in [0.5, 0.6) is 11.6 Å². The molecule has 0 aliphatic heterocycles. The van der Waals surface area contributed by atoms with Crippen molar-refractivity contribution in [2.45, 2.75) is 6.92 Å². The second-order valence-electron chi connectivity index (χ2n) is 3.88. The molecule has 0 bridgehead atoms. The lowest BCUT2D eigenvalue weighted by Gasteiger charge is -2.11. The summed E-state index contributed by atoms with van der Waals surface area (Å²) in [5, 5.41) is 7.47. The summed E-state index contributed by atoms with van der Waals surface area (Å²) in [5.74, 6) is -0.855. The fourth-order valence-electron chi connectivity index (χ4n) is 1.61. The summed E-state index contributed by atoms with van der Waals surface area (Å²) in [6, 6.07) is 6.09. The van der Waals surface area contributed by atoms with Crippen LogP contribution in [-0.4, -0.2) is 10.8 Å². The Morgan fingerprint density at radius 1 is 1.42 bits per heavy atom. The summed E-state index contributed by atoms with van der Waals surface area (Å²) in [6.07, 6.45) is 1.50. The molecule has 1 aromatic carbocycles. The minimum Gasteiger partial charge on any atom is -0.435 e. The fourth-order valence-corrected chi connectivity index (χ4v) is 1.77. The maximum absolute atomic E-state index is 13.8. The molecule has 2 rings (SSSR count). The zero-order valence-electron chi connectivity index (χ0n) is 10.1. The molecule has 0 saturated heterocycles.